The number of benzene rings is 3. The molecule has 0 amide bonds. The summed E-state index contributed by atoms with van der Waals surface area (Å²) in [5.74, 6) is 1.52. The summed E-state index contributed by atoms with van der Waals surface area (Å²) < 4.78 is 10.3. The Morgan fingerprint density at radius 2 is 1.15 bits per heavy atom. The summed E-state index contributed by atoms with van der Waals surface area (Å²) in [6.07, 6.45) is 3.01. The lowest BCUT2D eigenvalue weighted by molar-refractivity contribution is 0.414. The molecule has 7 nitrogen and oxygen atoms in total. The Bertz CT molecular complexity index is 1130. The minimum atomic E-state index is 0.0347. The number of aryl methyl sites for hydroxylation is 1. The van der Waals surface area contributed by atoms with Gasteiger partial charge in [-0.3, -0.25) is 10.9 Å². The van der Waals surface area contributed by atoms with Gasteiger partial charge in [-0.2, -0.15) is 10.2 Å². The molecule has 0 spiro atoms. The van der Waals surface area contributed by atoms with Crippen LogP contribution in [-0.2, 0) is 0 Å². The summed E-state index contributed by atoms with van der Waals surface area (Å²) in [5.41, 5.74) is 9.19. The van der Waals surface area contributed by atoms with E-state index in [0.717, 1.165) is 28.2 Å². The smallest absolute Gasteiger partial charge is 0.133 e. The molecule has 0 unspecified atom stereocenters. The molecule has 0 saturated heterocycles. The van der Waals surface area contributed by atoms with Crippen LogP contribution in [0.1, 0.15) is 27.8 Å². The summed E-state index contributed by atoms with van der Waals surface area (Å²) in [6, 6.07) is 18.2. The monoisotopic (exact) mass is 492 g/mol. The summed E-state index contributed by atoms with van der Waals surface area (Å²) in [7, 11) is 3.21. The van der Waals surface area contributed by atoms with E-state index in [-0.39, 0.29) is 5.75 Å². The second kappa shape index (κ2) is 11.9. The van der Waals surface area contributed by atoms with Crippen molar-refractivity contribution in [1.29, 1.82) is 0 Å². The van der Waals surface area contributed by atoms with Gasteiger partial charge >= 0.3 is 0 Å². The average molecular weight is 493 g/mol. The van der Waals surface area contributed by atoms with E-state index in [1.165, 1.54) is 12.4 Å². The highest BCUT2D eigenvalue weighted by atomic mass is 32.1. The van der Waals surface area contributed by atoms with Crippen LogP contribution in [0.15, 0.2) is 70.9 Å². The van der Waals surface area contributed by atoms with Gasteiger partial charge in [0.15, 0.2) is 0 Å². The number of aromatic hydroxyl groups is 1. The predicted octanol–water partition coefficient (Wildman–Crippen LogP) is 4.32. The number of methoxy groups -OCH3 is 2. The highest BCUT2D eigenvalue weighted by Gasteiger charge is 2.07. The molecule has 0 aliphatic heterocycles. The van der Waals surface area contributed by atoms with E-state index in [2.05, 4.69) is 21.1 Å². The van der Waals surface area contributed by atoms with Gasteiger partial charge < -0.3 is 14.6 Å². The second-order valence-corrected chi connectivity index (χ2v) is 7.96. The Balaban J connectivity index is 1.66. The van der Waals surface area contributed by atoms with Crippen molar-refractivity contribution in [2.24, 2.45) is 10.2 Å². The van der Waals surface area contributed by atoms with Gasteiger partial charge in [0.25, 0.3) is 0 Å². The van der Waals surface area contributed by atoms with Crippen LogP contribution >= 0.6 is 24.4 Å². The molecule has 0 aliphatic carbocycles. The Kier molecular flexibility index (Phi) is 8.66. The van der Waals surface area contributed by atoms with Gasteiger partial charge in [-0.05, 0) is 73.2 Å². The fourth-order valence-corrected chi connectivity index (χ4v) is 3.34. The standard InChI is InChI=1S/C25H24N4O3S2/c1-16-12-19(14-26-28-24(33)17-4-8-21(31-2)9-5-17)23(30)20(13-16)15-27-29-25(34)18-6-10-22(32-3)11-7-18/h4-15,30H,1-3H3,(H,28,33)(H,29,34)/b26-14-,27-15?. The first kappa shape index (κ1) is 24.8. The molecule has 0 atom stereocenters. The maximum absolute atomic E-state index is 10.7. The number of hydrogen-bond acceptors (Lipinski definition) is 7. The molecule has 0 heterocycles. The summed E-state index contributed by atoms with van der Waals surface area (Å²) in [5, 5.41) is 19.0. The van der Waals surface area contributed by atoms with Gasteiger partial charge in [-0.1, -0.05) is 24.4 Å². The molecule has 0 bridgehead atoms. The third-order valence-electron chi connectivity index (χ3n) is 4.76. The van der Waals surface area contributed by atoms with E-state index in [0.29, 0.717) is 21.1 Å². The molecular weight excluding hydrogens is 468 g/mol. The molecule has 3 aromatic carbocycles. The number of nitrogens with zero attached hydrogens (tertiary/aromatic N) is 2. The SMILES string of the molecule is COc1ccc(C(=S)NN=Cc2cc(C)cc(/C=N\NC(=S)c3ccc(OC)cc3)c2O)cc1. The van der Waals surface area contributed by atoms with Crippen molar-refractivity contribution in [3.8, 4) is 17.2 Å². The van der Waals surface area contributed by atoms with Crippen LogP contribution in [0.3, 0.4) is 0 Å². The van der Waals surface area contributed by atoms with E-state index in [1.807, 2.05) is 67.6 Å². The van der Waals surface area contributed by atoms with Crippen LogP contribution < -0.4 is 20.3 Å². The molecule has 3 rings (SSSR count). The van der Waals surface area contributed by atoms with E-state index >= 15 is 0 Å². The predicted molar refractivity (Wildman–Crippen MR) is 144 cm³/mol. The van der Waals surface area contributed by atoms with Crippen molar-refractivity contribution in [2.45, 2.75) is 6.92 Å². The lowest BCUT2D eigenvalue weighted by Crippen LogP contribution is -2.16. The molecule has 0 aromatic heterocycles. The first-order valence-corrected chi connectivity index (χ1v) is 11.0. The molecule has 174 valence electrons. The quantitative estimate of drug-likeness (QED) is 0.245. The Morgan fingerprint density at radius 3 is 1.50 bits per heavy atom. The van der Waals surface area contributed by atoms with Crippen molar-refractivity contribution < 1.29 is 14.6 Å². The van der Waals surface area contributed by atoms with Crippen molar-refractivity contribution in [3.05, 3.63) is 88.5 Å². The third-order valence-corrected chi connectivity index (χ3v) is 5.41. The number of rotatable bonds is 8. The van der Waals surface area contributed by atoms with Gasteiger partial charge in [-0.25, -0.2) is 0 Å². The zero-order valence-corrected chi connectivity index (χ0v) is 20.5. The lowest BCUT2D eigenvalue weighted by Gasteiger charge is -2.07. The average Bonchev–Trinajstić information content (AvgIpc) is 2.86. The fraction of sp³-hybridized carbons (Fsp3) is 0.120. The summed E-state index contributed by atoms with van der Waals surface area (Å²) >= 11 is 10.7. The first-order valence-electron chi connectivity index (χ1n) is 10.2. The highest BCUT2D eigenvalue weighted by molar-refractivity contribution is 7.81. The molecule has 0 radical (unpaired) electrons. The molecule has 3 aromatic rings. The maximum atomic E-state index is 10.7. The molecule has 0 saturated carbocycles. The van der Waals surface area contributed by atoms with E-state index in [4.69, 9.17) is 33.9 Å². The molecular formula is C25H24N4O3S2. The van der Waals surface area contributed by atoms with Crippen LogP contribution in [-0.4, -0.2) is 41.7 Å². The van der Waals surface area contributed by atoms with Gasteiger partial charge in [-0.15, -0.1) is 0 Å². The number of ether oxygens (including phenoxy) is 2. The Morgan fingerprint density at radius 1 is 0.765 bits per heavy atom. The molecule has 3 N–H and O–H groups in total. The van der Waals surface area contributed by atoms with Crippen LogP contribution in [0.25, 0.3) is 0 Å². The zero-order valence-electron chi connectivity index (χ0n) is 18.9. The minimum absolute atomic E-state index is 0.0347. The number of nitrogens with one attached hydrogen (secondary N) is 2. The number of hydrazone groups is 2. The van der Waals surface area contributed by atoms with E-state index in [1.54, 1.807) is 14.2 Å². The summed E-state index contributed by atoms with van der Waals surface area (Å²) in [4.78, 5) is 0.896. The molecule has 0 aliphatic rings. The lowest BCUT2D eigenvalue weighted by atomic mass is 10.1. The van der Waals surface area contributed by atoms with Crippen molar-refractivity contribution >= 4 is 46.8 Å². The topological polar surface area (TPSA) is 87.5 Å². The van der Waals surface area contributed by atoms with Crippen molar-refractivity contribution in [2.75, 3.05) is 14.2 Å². The molecule has 0 fully saturated rings. The number of thiocarbonyl (C=S) groups is 2. The second-order valence-electron chi connectivity index (χ2n) is 7.15. The van der Waals surface area contributed by atoms with Gasteiger partial charge in [0, 0.05) is 22.3 Å². The van der Waals surface area contributed by atoms with Crippen molar-refractivity contribution in [3.63, 3.8) is 0 Å². The zero-order chi connectivity index (χ0) is 24.5. The minimum Gasteiger partial charge on any atom is -0.507 e. The fourth-order valence-electron chi connectivity index (χ4n) is 2.97. The van der Waals surface area contributed by atoms with Crippen LogP contribution in [0.4, 0.5) is 0 Å². The number of phenolic OH excluding ortho intramolecular Hbond substituents is 1. The van der Waals surface area contributed by atoms with Crippen molar-refractivity contribution in [1.82, 2.24) is 10.9 Å². The number of phenols is 1. The van der Waals surface area contributed by atoms with Crippen LogP contribution in [0, 0.1) is 6.92 Å². The van der Waals surface area contributed by atoms with Gasteiger partial charge in [0.1, 0.15) is 27.2 Å². The number of hydrogen-bond donors (Lipinski definition) is 3. The van der Waals surface area contributed by atoms with Gasteiger partial charge in [0.05, 0.1) is 26.6 Å². The summed E-state index contributed by atoms with van der Waals surface area (Å²) in [6.45, 7) is 1.92. The van der Waals surface area contributed by atoms with E-state index < -0.39 is 0 Å². The largest absolute Gasteiger partial charge is 0.507 e. The van der Waals surface area contributed by atoms with Crippen LogP contribution in [0.2, 0.25) is 0 Å². The third kappa shape index (κ3) is 6.60. The maximum Gasteiger partial charge on any atom is 0.133 e. The normalized spacial score (nSPS) is 10.9. The van der Waals surface area contributed by atoms with E-state index in [9.17, 15) is 5.11 Å². The highest BCUT2D eigenvalue weighted by Crippen LogP contribution is 2.22. The Labute approximate surface area is 209 Å². The molecule has 9 heteroatoms. The Hall–Kier alpha value is -3.82. The first-order chi connectivity index (χ1) is 16.4. The van der Waals surface area contributed by atoms with Crippen LogP contribution in [0.5, 0.6) is 17.2 Å². The van der Waals surface area contributed by atoms with Gasteiger partial charge in [0.2, 0.25) is 0 Å². The molecule has 34 heavy (non-hydrogen) atoms.